The van der Waals surface area contributed by atoms with Crippen LogP contribution in [-0.4, -0.2) is 30.6 Å². The highest BCUT2D eigenvalue weighted by Gasteiger charge is 2.07. The SMILES string of the molecule is COC(=O)Oc1cc(NCc2ccc(OC)cc2)n[nH]1. The van der Waals surface area contributed by atoms with Gasteiger partial charge in [-0.15, -0.1) is 0 Å². The molecule has 0 aliphatic rings. The highest BCUT2D eigenvalue weighted by molar-refractivity contribution is 5.63. The Kier molecular flexibility index (Phi) is 4.43. The van der Waals surface area contributed by atoms with Crippen LogP contribution in [0.25, 0.3) is 0 Å². The average Bonchev–Trinajstić information content (AvgIpc) is 2.93. The molecule has 0 unspecified atom stereocenters. The fraction of sp³-hybridized carbons (Fsp3) is 0.231. The predicted octanol–water partition coefficient (Wildman–Crippen LogP) is 2.18. The molecule has 2 aromatic rings. The second-order valence-electron chi connectivity index (χ2n) is 3.88. The van der Waals surface area contributed by atoms with Crippen LogP contribution in [-0.2, 0) is 11.3 Å². The number of benzene rings is 1. The van der Waals surface area contributed by atoms with E-state index in [9.17, 15) is 4.79 Å². The maximum absolute atomic E-state index is 10.9. The topological polar surface area (TPSA) is 85.5 Å². The molecule has 0 fully saturated rings. The van der Waals surface area contributed by atoms with Crippen LogP contribution in [0.5, 0.6) is 11.6 Å². The monoisotopic (exact) mass is 277 g/mol. The second kappa shape index (κ2) is 6.46. The van der Waals surface area contributed by atoms with Crippen LogP contribution in [0.2, 0.25) is 0 Å². The summed E-state index contributed by atoms with van der Waals surface area (Å²) >= 11 is 0. The van der Waals surface area contributed by atoms with Crippen molar-refractivity contribution in [3.05, 3.63) is 35.9 Å². The molecule has 0 aliphatic carbocycles. The lowest BCUT2D eigenvalue weighted by molar-refractivity contribution is 0.119. The Hall–Kier alpha value is -2.70. The van der Waals surface area contributed by atoms with Crippen molar-refractivity contribution in [3.8, 4) is 11.6 Å². The first-order valence-corrected chi connectivity index (χ1v) is 5.89. The third kappa shape index (κ3) is 3.64. The Balaban J connectivity index is 1.88. The minimum atomic E-state index is -0.796. The van der Waals surface area contributed by atoms with Gasteiger partial charge >= 0.3 is 6.16 Å². The smallest absolute Gasteiger partial charge is 0.497 e. The molecule has 0 saturated carbocycles. The molecule has 7 heteroatoms. The lowest BCUT2D eigenvalue weighted by Gasteiger charge is -2.04. The zero-order valence-corrected chi connectivity index (χ0v) is 11.2. The van der Waals surface area contributed by atoms with Gasteiger partial charge in [-0.1, -0.05) is 12.1 Å². The van der Waals surface area contributed by atoms with Crippen molar-refractivity contribution in [1.29, 1.82) is 0 Å². The number of carbonyl (C=O) groups excluding carboxylic acids is 1. The van der Waals surface area contributed by atoms with E-state index in [-0.39, 0.29) is 5.88 Å². The van der Waals surface area contributed by atoms with E-state index in [1.807, 2.05) is 24.3 Å². The first-order valence-electron chi connectivity index (χ1n) is 5.89. The number of aromatic nitrogens is 2. The summed E-state index contributed by atoms with van der Waals surface area (Å²) in [6.07, 6.45) is -0.796. The van der Waals surface area contributed by atoms with E-state index in [1.54, 1.807) is 13.2 Å². The Labute approximate surface area is 115 Å². The molecule has 0 radical (unpaired) electrons. The normalized spacial score (nSPS) is 9.90. The summed E-state index contributed by atoms with van der Waals surface area (Å²) < 4.78 is 14.2. The number of carbonyl (C=O) groups is 1. The Morgan fingerprint density at radius 1 is 1.30 bits per heavy atom. The molecule has 2 rings (SSSR count). The highest BCUT2D eigenvalue weighted by Crippen LogP contribution is 2.15. The standard InChI is InChI=1S/C13H15N3O4/c1-18-10-5-3-9(4-6-10)8-14-11-7-12(16-15-11)20-13(17)19-2/h3-7H,8H2,1-2H3,(H2,14,15,16). The molecule has 1 aromatic heterocycles. The number of rotatable bonds is 5. The number of hydrogen-bond donors (Lipinski definition) is 2. The molecule has 0 atom stereocenters. The van der Waals surface area contributed by atoms with Gasteiger partial charge in [0.15, 0.2) is 5.82 Å². The molecule has 1 heterocycles. The van der Waals surface area contributed by atoms with Crippen molar-refractivity contribution >= 4 is 12.0 Å². The van der Waals surface area contributed by atoms with E-state index in [2.05, 4.69) is 20.3 Å². The summed E-state index contributed by atoms with van der Waals surface area (Å²) in [7, 11) is 2.86. The Morgan fingerprint density at radius 2 is 2.05 bits per heavy atom. The number of hydrogen-bond acceptors (Lipinski definition) is 6. The molecule has 0 spiro atoms. The van der Waals surface area contributed by atoms with Crippen LogP contribution in [0, 0.1) is 0 Å². The molecular weight excluding hydrogens is 262 g/mol. The third-order valence-corrected chi connectivity index (χ3v) is 2.55. The summed E-state index contributed by atoms with van der Waals surface area (Å²) in [6, 6.07) is 9.23. The van der Waals surface area contributed by atoms with E-state index in [1.165, 1.54) is 7.11 Å². The molecule has 0 aliphatic heterocycles. The van der Waals surface area contributed by atoms with E-state index < -0.39 is 6.16 Å². The molecule has 106 valence electrons. The van der Waals surface area contributed by atoms with Gasteiger partial charge in [0, 0.05) is 12.6 Å². The summed E-state index contributed by atoms with van der Waals surface area (Å²) in [4.78, 5) is 10.9. The van der Waals surface area contributed by atoms with Gasteiger partial charge in [0.25, 0.3) is 0 Å². The molecule has 0 bridgehead atoms. The van der Waals surface area contributed by atoms with Gasteiger partial charge in [-0.25, -0.2) is 9.89 Å². The quantitative estimate of drug-likeness (QED) is 0.815. The van der Waals surface area contributed by atoms with Gasteiger partial charge in [0.2, 0.25) is 5.88 Å². The molecule has 20 heavy (non-hydrogen) atoms. The van der Waals surface area contributed by atoms with Crippen LogP contribution in [0.1, 0.15) is 5.56 Å². The number of ether oxygens (including phenoxy) is 3. The lowest BCUT2D eigenvalue weighted by atomic mass is 10.2. The zero-order chi connectivity index (χ0) is 14.4. The van der Waals surface area contributed by atoms with Crippen molar-refractivity contribution in [3.63, 3.8) is 0 Å². The minimum Gasteiger partial charge on any atom is -0.497 e. The number of nitrogens with one attached hydrogen (secondary N) is 2. The van der Waals surface area contributed by atoms with Gasteiger partial charge in [0.05, 0.1) is 14.2 Å². The van der Waals surface area contributed by atoms with Crippen molar-refractivity contribution in [2.75, 3.05) is 19.5 Å². The van der Waals surface area contributed by atoms with Crippen molar-refractivity contribution in [2.45, 2.75) is 6.54 Å². The van der Waals surface area contributed by atoms with Crippen molar-refractivity contribution in [1.82, 2.24) is 10.2 Å². The average molecular weight is 277 g/mol. The van der Waals surface area contributed by atoms with Crippen molar-refractivity contribution < 1.29 is 19.0 Å². The van der Waals surface area contributed by atoms with Gasteiger partial charge in [-0.05, 0) is 17.7 Å². The maximum atomic E-state index is 10.9. The second-order valence-corrected chi connectivity index (χ2v) is 3.88. The Bertz CT molecular complexity index is 565. The van der Waals surface area contributed by atoms with Gasteiger partial charge in [0.1, 0.15) is 5.75 Å². The number of anilines is 1. The molecule has 7 nitrogen and oxygen atoms in total. The van der Waals surface area contributed by atoms with E-state index >= 15 is 0 Å². The van der Waals surface area contributed by atoms with Crippen LogP contribution >= 0.6 is 0 Å². The van der Waals surface area contributed by atoms with E-state index in [4.69, 9.17) is 9.47 Å². The van der Waals surface area contributed by atoms with Crippen LogP contribution in [0.15, 0.2) is 30.3 Å². The van der Waals surface area contributed by atoms with Crippen molar-refractivity contribution in [2.24, 2.45) is 0 Å². The van der Waals surface area contributed by atoms with Crippen LogP contribution in [0.4, 0.5) is 10.6 Å². The third-order valence-electron chi connectivity index (χ3n) is 2.55. The van der Waals surface area contributed by atoms with Gasteiger partial charge in [-0.2, -0.15) is 5.10 Å². The zero-order valence-electron chi connectivity index (χ0n) is 11.2. The number of methoxy groups -OCH3 is 2. The first kappa shape index (κ1) is 13.7. The van der Waals surface area contributed by atoms with E-state index in [0.29, 0.717) is 12.4 Å². The largest absolute Gasteiger partial charge is 0.514 e. The molecule has 2 N–H and O–H groups in total. The Morgan fingerprint density at radius 3 is 2.70 bits per heavy atom. The molecule has 1 aromatic carbocycles. The predicted molar refractivity (Wildman–Crippen MR) is 71.9 cm³/mol. The lowest BCUT2D eigenvalue weighted by Crippen LogP contribution is -2.07. The maximum Gasteiger partial charge on any atom is 0.514 e. The molecule has 0 saturated heterocycles. The fourth-order valence-electron chi connectivity index (χ4n) is 1.51. The molecule has 0 amide bonds. The van der Waals surface area contributed by atoms with Crippen LogP contribution < -0.4 is 14.8 Å². The number of nitrogens with zero attached hydrogens (tertiary/aromatic N) is 1. The number of aromatic amines is 1. The van der Waals surface area contributed by atoms with Gasteiger partial charge in [-0.3, -0.25) is 0 Å². The summed E-state index contributed by atoms with van der Waals surface area (Å²) in [5.74, 6) is 1.59. The summed E-state index contributed by atoms with van der Waals surface area (Å²) in [5.41, 5.74) is 1.07. The minimum absolute atomic E-state index is 0.217. The summed E-state index contributed by atoms with van der Waals surface area (Å²) in [5, 5.41) is 9.62. The summed E-state index contributed by atoms with van der Waals surface area (Å²) in [6.45, 7) is 0.590. The first-order chi connectivity index (χ1) is 9.71. The number of H-pyrrole nitrogens is 1. The van der Waals surface area contributed by atoms with E-state index in [0.717, 1.165) is 11.3 Å². The fourth-order valence-corrected chi connectivity index (χ4v) is 1.51. The highest BCUT2D eigenvalue weighted by atomic mass is 16.7. The molecular formula is C13H15N3O4. The van der Waals surface area contributed by atoms with Crippen LogP contribution in [0.3, 0.4) is 0 Å². The van der Waals surface area contributed by atoms with Gasteiger partial charge < -0.3 is 19.5 Å².